The van der Waals surface area contributed by atoms with Gasteiger partial charge in [0.2, 0.25) is 0 Å². The Bertz CT molecular complexity index is 3810. The van der Waals surface area contributed by atoms with Gasteiger partial charge in [0.25, 0.3) is 0 Å². The molecule has 0 bridgehead atoms. The third-order valence-electron chi connectivity index (χ3n) is 12.1. The molecule has 0 amide bonds. The van der Waals surface area contributed by atoms with Gasteiger partial charge in [0.15, 0.2) is 0 Å². The molecule has 0 saturated carbocycles. The molecule has 0 aliphatic heterocycles. The number of benzene rings is 10. The van der Waals surface area contributed by atoms with Crippen LogP contribution in [0.2, 0.25) is 0 Å². The molecule has 0 aliphatic rings. The Kier molecular flexibility index (Phi) is 6.35. The van der Waals surface area contributed by atoms with E-state index in [1.54, 1.807) is 0 Å². The molecule has 0 N–H and O–H groups in total. The van der Waals surface area contributed by atoms with Crippen molar-refractivity contribution < 1.29 is 8.83 Å². The van der Waals surface area contributed by atoms with E-state index in [1.807, 2.05) is 35.6 Å². The van der Waals surface area contributed by atoms with Crippen LogP contribution in [-0.4, -0.2) is 0 Å². The quantitative estimate of drug-likeness (QED) is 0.169. The van der Waals surface area contributed by atoms with E-state index in [4.69, 9.17) is 8.83 Å². The molecule has 13 rings (SSSR count). The molecule has 2 nitrogen and oxygen atoms in total. The van der Waals surface area contributed by atoms with Crippen molar-refractivity contribution in [3.8, 4) is 33.4 Å². The van der Waals surface area contributed by atoms with Gasteiger partial charge < -0.3 is 8.83 Å². The Morgan fingerprint density at radius 2 is 0.877 bits per heavy atom. The van der Waals surface area contributed by atoms with Crippen LogP contribution in [0.25, 0.3) is 130 Å². The van der Waals surface area contributed by atoms with Gasteiger partial charge >= 0.3 is 0 Å². The highest BCUT2D eigenvalue weighted by Gasteiger charge is 2.22. The number of thiophene rings is 1. The number of furan rings is 2. The van der Waals surface area contributed by atoms with Gasteiger partial charge in [0.05, 0.1) is 0 Å². The van der Waals surface area contributed by atoms with Gasteiger partial charge in [-0.3, -0.25) is 0 Å². The molecular weight excluding hydrogens is 713 g/mol. The minimum atomic E-state index is 0.862. The first-order valence-corrected chi connectivity index (χ1v) is 20.2. The number of fused-ring (bicyclic) bond motifs is 13. The van der Waals surface area contributed by atoms with Crippen LogP contribution in [0.1, 0.15) is 0 Å². The van der Waals surface area contributed by atoms with E-state index >= 15 is 0 Å². The summed E-state index contributed by atoms with van der Waals surface area (Å²) in [6.07, 6.45) is 0. The third-order valence-corrected chi connectivity index (χ3v) is 13.3. The molecule has 0 aliphatic carbocycles. The summed E-state index contributed by atoms with van der Waals surface area (Å²) >= 11 is 1.89. The summed E-state index contributed by atoms with van der Waals surface area (Å²) in [6.45, 7) is 0. The molecule has 3 heteroatoms. The van der Waals surface area contributed by atoms with E-state index in [0.717, 1.165) is 49.4 Å². The van der Waals surface area contributed by atoms with Gasteiger partial charge in [0, 0.05) is 47.3 Å². The van der Waals surface area contributed by atoms with Crippen molar-refractivity contribution in [1.29, 1.82) is 0 Å². The van der Waals surface area contributed by atoms with Gasteiger partial charge in [-0.25, -0.2) is 0 Å². The second kappa shape index (κ2) is 11.7. The van der Waals surface area contributed by atoms with Crippen molar-refractivity contribution in [3.05, 3.63) is 182 Å². The largest absolute Gasteiger partial charge is 0.456 e. The van der Waals surface area contributed by atoms with Crippen molar-refractivity contribution in [2.45, 2.75) is 0 Å². The molecule has 0 spiro atoms. The fourth-order valence-electron chi connectivity index (χ4n) is 9.61. The summed E-state index contributed by atoms with van der Waals surface area (Å²) in [5, 5.41) is 14.4. The average molecular weight is 743 g/mol. The summed E-state index contributed by atoms with van der Waals surface area (Å²) in [5.74, 6) is 0. The molecule has 3 aromatic heterocycles. The topological polar surface area (TPSA) is 26.3 Å². The minimum Gasteiger partial charge on any atom is -0.456 e. The molecule has 10 aromatic carbocycles. The fourth-order valence-corrected chi connectivity index (χ4v) is 10.8. The Morgan fingerprint density at radius 3 is 1.74 bits per heavy atom. The maximum Gasteiger partial charge on any atom is 0.136 e. The number of hydrogen-bond acceptors (Lipinski definition) is 3. The lowest BCUT2D eigenvalue weighted by molar-refractivity contribution is 0.663. The summed E-state index contributed by atoms with van der Waals surface area (Å²) in [4.78, 5) is 0. The van der Waals surface area contributed by atoms with Crippen molar-refractivity contribution in [1.82, 2.24) is 0 Å². The zero-order valence-corrected chi connectivity index (χ0v) is 31.4. The van der Waals surface area contributed by atoms with E-state index in [9.17, 15) is 0 Å². The van der Waals surface area contributed by atoms with Gasteiger partial charge in [-0.15, -0.1) is 11.3 Å². The second-order valence-electron chi connectivity index (χ2n) is 15.1. The van der Waals surface area contributed by atoms with Crippen LogP contribution in [0, 0.1) is 0 Å². The zero-order valence-electron chi connectivity index (χ0n) is 30.5. The van der Waals surface area contributed by atoms with E-state index < -0.39 is 0 Å². The minimum absolute atomic E-state index is 0.862. The maximum atomic E-state index is 6.56. The summed E-state index contributed by atoms with van der Waals surface area (Å²) in [6, 6.07) is 66.2. The first kappa shape index (κ1) is 31.1. The Hall–Kier alpha value is -7.20. The number of rotatable bonds is 3. The van der Waals surface area contributed by atoms with Crippen LogP contribution < -0.4 is 0 Å². The lowest BCUT2D eigenvalue weighted by Crippen LogP contribution is -1.92. The highest BCUT2D eigenvalue weighted by Crippen LogP contribution is 2.50. The van der Waals surface area contributed by atoms with Crippen molar-refractivity contribution in [3.63, 3.8) is 0 Å². The van der Waals surface area contributed by atoms with Crippen molar-refractivity contribution in [2.75, 3.05) is 0 Å². The molecule has 3 heterocycles. The molecule has 0 saturated heterocycles. The first-order valence-electron chi connectivity index (χ1n) is 19.4. The predicted molar refractivity (Wildman–Crippen MR) is 243 cm³/mol. The van der Waals surface area contributed by atoms with Gasteiger partial charge in [-0.2, -0.15) is 0 Å². The lowest BCUT2D eigenvalue weighted by atomic mass is 9.84. The molecule has 57 heavy (non-hydrogen) atoms. The van der Waals surface area contributed by atoms with E-state index in [-0.39, 0.29) is 0 Å². The molecule has 0 atom stereocenters. The zero-order chi connectivity index (χ0) is 37.2. The maximum absolute atomic E-state index is 6.56. The molecule has 13 aromatic rings. The first-order chi connectivity index (χ1) is 28.3. The average Bonchev–Trinajstić information content (AvgIpc) is 3.96. The van der Waals surface area contributed by atoms with Crippen molar-refractivity contribution in [2.24, 2.45) is 0 Å². The van der Waals surface area contributed by atoms with Gasteiger partial charge in [-0.05, 0) is 103 Å². The standard InChI is InChI=1S/C54H30O2S/c1-2-13-34-31(11-1)12-9-18-35(34)32-23-25-39-43(29-32)50(33-24-26-46-44(30-33)53-48(56-46)28-27-47-52(53)41-17-5-7-21-45(41)55-47)37-15-3-4-16-38(37)51(39)42-20-10-19-40-36-14-6-8-22-49(36)57-54(40)42/h1-30H. The van der Waals surface area contributed by atoms with Crippen LogP contribution in [-0.2, 0) is 0 Å². The van der Waals surface area contributed by atoms with E-state index in [2.05, 4.69) is 158 Å². The van der Waals surface area contributed by atoms with Crippen LogP contribution >= 0.6 is 11.3 Å². The normalized spacial score (nSPS) is 12.2. The lowest BCUT2D eigenvalue weighted by Gasteiger charge is -2.19. The molecule has 264 valence electrons. The monoisotopic (exact) mass is 742 g/mol. The second-order valence-corrected chi connectivity index (χ2v) is 16.1. The summed E-state index contributed by atoms with van der Waals surface area (Å²) in [7, 11) is 0. The third kappa shape index (κ3) is 4.40. The predicted octanol–water partition coefficient (Wildman–Crippen LogP) is 16.3. The van der Waals surface area contributed by atoms with Gasteiger partial charge in [0.1, 0.15) is 22.3 Å². The van der Waals surface area contributed by atoms with E-state index in [0.29, 0.717) is 0 Å². The van der Waals surface area contributed by atoms with Crippen LogP contribution in [0.15, 0.2) is 191 Å². The smallest absolute Gasteiger partial charge is 0.136 e. The summed E-state index contributed by atoms with van der Waals surface area (Å²) < 4.78 is 15.6. The fraction of sp³-hybridized carbons (Fsp3) is 0. The van der Waals surface area contributed by atoms with Crippen LogP contribution in [0.3, 0.4) is 0 Å². The highest BCUT2D eigenvalue weighted by atomic mass is 32.1. The Labute approximate surface area is 330 Å². The van der Waals surface area contributed by atoms with Crippen LogP contribution in [0.4, 0.5) is 0 Å². The molecule has 0 radical (unpaired) electrons. The molecule has 0 unspecified atom stereocenters. The summed E-state index contributed by atoms with van der Waals surface area (Å²) in [5.41, 5.74) is 10.8. The highest BCUT2D eigenvalue weighted by molar-refractivity contribution is 7.26. The Balaban J connectivity index is 1.17. The number of hydrogen-bond donors (Lipinski definition) is 0. The molecule has 0 fully saturated rings. The SMILES string of the molecule is c1ccc2c(-c3ccc4c(-c5cccc6c5sc5ccccc56)c5ccccc5c(-c5ccc6oc7ccc8oc9ccccc9c8c7c6c5)c4c3)cccc2c1. The van der Waals surface area contributed by atoms with Crippen LogP contribution in [0.5, 0.6) is 0 Å². The Morgan fingerprint density at radius 1 is 0.316 bits per heavy atom. The number of para-hydroxylation sites is 1. The van der Waals surface area contributed by atoms with Gasteiger partial charge in [-0.1, -0.05) is 140 Å². The van der Waals surface area contributed by atoms with E-state index in [1.165, 1.54) is 80.3 Å². The molecular formula is C54H30O2S. The van der Waals surface area contributed by atoms with Crippen molar-refractivity contribution >= 4 is 108 Å².